The van der Waals surface area contributed by atoms with Gasteiger partial charge in [-0.25, -0.2) is 0 Å². The maximum absolute atomic E-state index is 12.1. The third-order valence-corrected chi connectivity index (χ3v) is 3.14. The normalized spacial score (nSPS) is 10.7. The Balaban J connectivity index is 2.35. The zero-order valence-electron chi connectivity index (χ0n) is 10.1. The van der Waals surface area contributed by atoms with Crippen LogP contribution in [0.15, 0.2) is 54.0 Å². The van der Waals surface area contributed by atoms with Crippen molar-refractivity contribution in [2.45, 2.75) is 0 Å². The number of pyridine rings is 1. The van der Waals surface area contributed by atoms with Crippen LogP contribution in [0.3, 0.4) is 0 Å². The van der Waals surface area contributed by atoms with Crippen molar-refractivity contribution >= 4 is 16.3 Å². The van der Waals surface area contributed by atoms with E-state index < -0.39 is 0 Å². The summed E-state index contributed by atoms with van der Waals surface area (Å²) in [6.07, 6.45) is 1.78. The van der Waals surface area contributed by atoms with Crippen molar-refractivity contribution in [1.29, 1.82) is 0 Å². The number of fused-ring (bicyclic) bond motifs is 1. The Bertz CT molecular complexity index is 814. The molecule has 2 aromatic heterocycles. The molecule has 0 radical (unpaired) electrons. The molecule has 0 aliphatic heterocycles. The molecule has 0 unspecified atom stereocenters. The van der Waals surface area contributed by atoms with Gasteiger partial charge in [0.25, 0.3) is 5.56 Å². The summed E-state index contributed by atoms with van der Waals surface area (Å²) in [6, 6.07) is 10.9. The fraction of sp³-hybridized carbons (Fsp3) is 0. The SMILES string of the molecule is C=C(c1ccc[nH]1)c1c(=O)[nH]c(O)c2ccccc12. The van der Waals surface area contributed by atoms with E-state index in [1.165, 1.54) is 0 Å². The van der Waals surface area contributed by atoms with Gasteiger partial charge in [-0.2, -0.15) is 0 Å². The molecule has 3 rings (SSSR count). The van der Waals surface area contributed by atoms with Gasteiger partial charge in [0.1, 0.15) is 0 Å². The van der Waals surface area contributed by atoms with Gasteiger partial charge in [0.05, 0.1) is 5.56 Å². The number of hydrogen-bond donors (Lipinski definition) is 3. The summed E-state index contributed by atoms with van der Waals surface area (Å²) in [4.78, 5) is 17.6. The number of aromatic nitrogens is 2. The molecule has 3 N–H and O–H groups in total. The largest absolute Gasteiger partial charge is 0.494 e. The second-order valence-electron chi connectivity index (χ2n) is 4.29. The Hall–Kier alpha value is -2.75. The van der Waals surface area contributed by atoms with Crippen molar-refractivity contribution < 1.29 is 5.11 Å². The topological polar surface area (TPSA) is 68.9 Å². The summed E-state index contributed by atoms with van der Waals surface area (Å²) in [5.74, 6) is -0.122. The van der Waals surface area contributed by atoms with E-state index in [0.29, 0.717) is 21.9 Å². The molecule has 0 saturated heterocycles. The molecular weight excluding hydrogens is 240 g/mol. The van der Waals surface area contributed by atoms with Crippen LogP contribution in [0.2, 0.25) is 0 Å². The van der Waals surface area contributed by atoms with Crippen LogP contribution in [0, 0.1) is 0 Å². The van der Waals surface area contributed by atoms with Crippen molar-refractivity contribution in [2.75, 3.05) is 0 Å². The molecule has 0 saturated carbocycles. The molecular formula is C15H12N2O2. The van der Waals surface area contributed by atoms with E-state index >= 15 is 0 Å². The smallest absolute Gasteiger partial charge is 0.259 e. The Morgan fingerprint density at radius 1 is 1.11 bits per heavy atom. The van der Waals surface area contributed by atoms with Gasteiger partial charge in [0.15, 0.2) is 5.88 Å². The summed E-state index contributed by atoms with van der Waals surface area (Å²) < 4.78 is 0. The quantitative estimate of drug-likeness (QED) is 0.656. The summed E-state index contributed by atoms with van der Waals surface area (Å²) in [7, 11) is 0. The zero-order valence-corrected chi connectivity index (χ0v) is 10.1. The Kier molecular flexibility index (Phi) is 2.49. The van der Waals surface area contributed by atoms with E-state index in [4.69, 9.17) is 0 Å². The van der Waals surface area contributed by atoms with Gasteiger partial charge >= 0.3 is 0 Å². The molecule has 4 nitrogen and oxygen atoms in total. The Labute approximate surface area is 109 Å². The fourth-order valence-corrected chi connectivity index (χ4v) is 2.22. The van der Waals surface area contributed by atoms with Crippen molar-refractivity contribution in [2.24, 2.45) is 0 Å². The molecule has 0 bridgehead atoms. The molecule has 94 valence electrons. The number of aromatic amines is 2. The lowest BCUT2D eigenvalue weighted by Gasteiger charge is -2.08. The molecule has 4 heteroatoms. The maximum Gasteiger partial charge on any atom is 0.259 e. The third kappa shape index (κ3) is 1.74. The first kappa shape index (κ1) is 11.3. The van der Waals surface area contributed by atoms with Crippen LogP contribution in [0.25, 0.3) is 16.3 Å². The molecule has 19 heavy (non-hydrogen) atoms. The van der Waals surface area contributed by atoms with E-state index in [-0.39, 0.29) is 11.4 Å². The predicted molar refractivity (Wildman–Crippen MR) is 75.2 cm³/mol. The van der Waals surface area contributed by atoms with Crippen LogP contribution >= 0.6 is 0 Å². The number of aromatic hydroxyl groups is 1. The first-order chi connectivity index (χ1) is 9.18. The van der Waals surface area contributed by atoms with E-state index in [9.17, 15) is 9.90 Å². The predicted octanol–water partition coefficient (Wildman–Crippen LogP) is 2.62. The molecule has 0 fully saturated rings. The minimum atomic E-state index is -0.351. The molecule has 0 aliphatic carbocycles. The van der Waals surface area contributed by atoms with E-state index in [2.05, 4.69) is 16.5 Å². The first-order valence-electron chi connectivity index (χ1n) is 5.85. The third-order valence-electron chi connectivity index (χ3n) is 3.14. The highest BCUT2D eigenvalue weighted by atomic mass is 16.3. The molecule has 0 aliphatic rings. The van der Waals surface area contributed by atoms with Gasteiger partial charge in [-0.3, -0.25) is 9.78 Å². The van der Waals surface area contributed by atoms with Gasteiger partial charge in [0, 0.05) is 28.2 Å². The number of nitrogens with one attached hydrogen (secondary N) is 2. The molecule has 0 spiro atoms. The first-order valence-corrected chi connectivity index (χ1v) is 5.85. The average Bonchev–Trinajstić information content (AvgIpc) is 2.92. The summed E-state index contributed by atoms with van der Waals surface area (Å²) in [5, 5.41) is 11.1. The van der Waals surface area contributed by atoms with Gasteiger partial charge in [-0.1, -0.05) is 24.8 Å². The minimum Gasteiger partial charge on any atom is -0.494 e. The standard InChI is InChI=1S/C15H12N2O2/c1-9(12-7-4-8-16-12)13-10-5-2-3-6-11(10)14(18)17-15(13)19/h2-8,16H,1H2,(H2,17,18,19). The monoisotopic (exact) mass is 252 g/mol. The van der Waals surface area contributed by atoms with Crippen LogP contribution in [0.5, 0.6) is 5.88 Å². The van der Waals surface area contributed by atoms with Gasteiger partial charge < -0.3 is 10.1 Å². The highest BCUT2D eigenvalue weighted by molar-refractivity contribution is 5.98. The number of benzene rings is 1. The molecule has 0 amide bonds. The molecule has 0 atom stereocenters. The number of rotatable bonds is 2. The molecule has 2 heterocycles. The van der Waals surface area contributed by atoms with E-state index in [1.807, 2.05) is 24.3 Å². The Morgan fingerprint density at radius 3 is 2.53 bits per heavy atom. The highest BCUT2D eigenvalue weighted by Crippen LogP contribution is 2.28. The van der Waals surface area contributed by atoms with Crippen LogP contribution < -0.4 is 5.56 Å². The lowest BCUT2D eigenvalue weighted by atomic mass is 9.99. The lowest BCUT2D eigenvalue weighted by molar-refractivity contribution is 0.458. The van der Waals surface area contributed by atoms with Crippen molar-refractivity contribution in [3.8, 4) is 5.88 Å². The molecule has 3 aromatic rings. The van der Waals surface area contributed by atoms with Crippen molar-refractivity contribution in [3.63, 3.8) is 0 Å². The fourth-order valence-electron chi connectivity index (χ4n) is 2.22. The average molecular weight is 252 g/mol. The van der Waals surface area contributed by atoms with E-state index in [0.717, 1.165) is 5.69 Å². The minimum absolute atomic E-state index is 0.122. The second kappa shape index (κ2) is 4.17. The summed E-state index contributed by atoms with van der Waals surface area (Å²) in [6.45, 7) is 3.98. The highest BCUT2D eigenvalue weighted by Gasteiger charge is 2.14. The number of hydrogen-bond acceptors (Lipinski definition) is 2. The van der Waals surface area contributed by atoms with Crippen LogP contribution in [-0.4, -0.2) is 15.1 Å². The van der Waals surface area contributed by atoms with Crippen molar-refractivity contribution in [1.82, 2.24) is 9.97 Å². The van der Waals surface area contributed by atoms with E-state index in [1.54, 1.807) is 18.3 Å². The van der Waals surface area contributed by atoms with Gasteiger partial charge in [0.2, 0.25) is 0 Å². The van der Waals surface area contributed by atoms with Crippen molar-refractivity contribution in [3.05, 3.63) is 70.8 Å². The zero-order chi connectivity index (χ0) is 13.4. The number of H-pyrrole nitrogens is 2. The van der Waals surface area contributed by atoms with Gasteiger partial charge in [-0.05, 0) is 18.2 Å². The van der Waals surface area contributed by atoms with Crippen LogP contribution in [0.1, 0.15) is 11.3 Å². The second-order valence-corrected chi connectivity index (χ2v) is 4.29. The Morgan fingerprint density at radius 2 is 1.84 bits per heavy atom. The lowest BCUT2D eigenvalue weighted by Crippen LogP contribution is -2.12. The van der Waals surface area contributed by atoms with Crippen LogP contribution in [0.4, 0.5) is 0 Å². The van der Waals surface area contributed by atoms with Gasteiger partial charge in [-0.15, -0.1) is 0 Å². The maximum atomic E-state index is 12.1. The van der Waals surface area contributed by atoms with Crippen LogP contribution in [-0.2, 0) is 0 Å². The summed E-state index contributed by atoms with van der Waals surface area (Å²) in [5.41, 5.74) is 1.50. The molecule has 1 aromatic carbocycles. The summed E-state index contributed by atoms with van der Waals surface area (Å²) >= 11 is 0.